The van der Waals surface area contributed by atoms with E-state index >= 15 is 0 Å². The summed E-state index contributed by atoms with van der Waals surface area (Å²) in [6, 6.07) is 21.8. The van der Waals surface area contributed by atoms with Crippen LogP contribution in [0.2, 0.25) is 0 Å². The maximum atomic E-state index is 5.88. The van der Waals surface area contributed by atoms with E-state index in [-0.39, 0.29) is 0 Å². The molecular formula is C19H17N3OS. The molecule has 0 spiro atoms. The Hall–Kier alpha value is -2.79. The molecule has 0 aliphatic carbocycles. The highest BCUT2D eigenvalue weighted by Crippen LogP contribution is 2.20. The van der Waals surface area contributed by atoms with E-state index in [4.69, 9.17) is 10.2 Å². The highest BCUT2D eigenvalue weighted by Gasteiger charge is 2.00. The van der Waals surface area contributed by atoms with Crippen molar-refractivity contribution in [3.63, 3.8) is 0 Å². The van der Waals surface area contributed by atoms with Crippen molar-refractivity contribution in [1.82, 2.24) is 0 Å². The van der Waals surface area contributed by atoms with Crippen LogP contribution in [0.1, 0.15) is 11.1 Å². The molecule has 0 unspecified atom stereocenters. The van der Waals surface area contributed by atoms with Gasteiger partial charge in [0.2, 0.25) is 0 Å². The third-order valence-corrected chi connectivity index (χ3v) is 4.14. The van der Waals surface area contributed by atoms with E-state index in [9.17, 15) is 0 Å². The van der Waals surface area contributed by atoms with Crippen molar-refractivity contribution in [2.24, 2.45) is 15.9 Å². The van der Waals surface area contributed by atoms with Crippen LogP contribution in [0, 0.1) is 0 Å². The number of furan rings is 1. The molecule has 0 saturated carbocycles. The normalized spacial score (nSPS) is 11.9. The molecule has 1 aromatic heterocycles. The van der Waals surface area contributed by atoms with Gasteiger partial charge in [0, 0.05) is 11.3 Å². The molecule has 1 heterocycles. The van der Waals surface area contributed by atoms with Gasteiger partial charge in [-0.2, -0.15) is 5.10 Å². The summed E-state index contributed by atoms with van der Waals surface area (Å²) in [6.07, 6.45) is 3.34. The second-order valence-corrected chi connectivity index (χ2v) is 6.06. The lowest BCUT2D eigenvalue weighted by Gasteiger charge is -1.99. The molecule has 0 aliphatic rings. The van der Waals surface area contributed by atoms with Gasteiger partial charge in [0.1, 0.15) is 5.76 Å². The van der Waals surface area contributed by atoms with Crippen molar-refractivity contribution in [3.8, 4) is 11.3 Å². The number of nitrogens with two attached hydrogens (primary N) is 1. The first kappa shape index (κ1) is 16.1. The second kappa shape index (κ2) is 8.17. The van der Waals surface area contributed by atoms with E-state index in [2.05, 4.69) is 22.3 Å². The summed E-state index contributed by atoms with van der Waals surface area (Å²) >= 11 is 1.46. The van der Waals surface area contributed by atoms with E-state index in [1.54, 1.807) is 12.5 Å². The van der Waals surface area contributed by atoms with Crippen molar-refractivity contribution < 1.29 is 4.42 Å². The minimum Gasteiger partial charge on any atom is -0.464 e. The van der Waals surface area contributed by atoms with Crippen molar-refractivity contribution >= 4 is 23.1 Å². The lowest BCUT2D eigenvalue weighted by atomic mass is 10.1. The summed E-state index contributed by atoms with van der Waals surface area (Å²) in [5, 5.41) is 8.54. The summed E-state index contributed by atoms with van der Waals surface area (Å²) in [4.78, 5) is 0. The van der Waals surface area contributed by atoms with Crippen LogP contribution in [0.4, 0.5) is 0 Å². The monoisotopic (exact) mass is 335 g/mol. The molecular weight excluding hydrogens is 318 g/mol. The van der Waals surface area contributed by atoms with Crippen LogP contribution in [0.3, 0.4) is 0 Å². The summed E-state index contributed by atoms with van der Waals surface area (Å²) in [6.45, 7) is 0. The maximum absolute atomic E-state index is 5.88. The Morgan fingerprint density at radius 3 is 2.71 bits per heavy atom. The highest BCUT2D eigenvalue weighted by atomic mass is 32.2. The van der Waals surface area contributed by atoms with E-state index in [0.29, 0.717) is 5.17 Å². The SMILES string of the molecule is NC(=NN=Cc1cccc(-c2ccco2)c1)SCc1ccccc1. The number of hydrogen-bond acceptors (Lipinski definition) is 4. The van der Waals surface area contributed by atoms with Crippen molar-refractivity contribution in [3.05, 3.63) is 84.1 Å². The maximum Gasteiger partial charge on any atom is 0.180 e. The lowest BCUT2D eigenvalue weighted by molar-refractivity contribution is 0.582. The van der Waals surface area contributed by atoms with Gasteiger partial charge in [-0.3, -0.25) is 0 Å². The fourth-order valence-corrected chi connectivity index (χ4v) is 2.74. The number of hydrogen-bond donors (Lipinski definition) is 1. The summed E-state index contributed by atoms with van der Waals surface area (Å²) in [5.41, 5.74) is 9.02. The van der Waals surface area contributed by atoms with Gasteiger partial charge in [-0.1, -0.05) is 60.3 Å². The summed E-state index contributed by atoms with van der Waals surface area (Å²) in [7, 11) is 0. The largest absolute Gasteiger partial charge is 0.464 e. The fourth-order valence-electron chi connectivity index (χ4n) is 2.13. The molecule has 0 fully saturated rings. The molecule has 0 atom stereocenters. The van der Waals surface area contributed by atoms with Crippen molar-refractivity contribution in [2.45, 2.75) is 5.75 Å². The van der Waals surface area contributed by atoms with E-state index in [0.717, 1.165) is 22.6 Å². The highest BCUT2D eigenvalue weighted by molar-refractivity contribution is 8.13. The first-order valence-corrected chi connectivity index (χ1v) is 8.47. The molecule has 5 heteroatoms. The van der Waals surface area contributed by atoms with Crippen LogP contribution < -0.4 is 5.73 Å². The summed E-state index contributed by atoms with van der Waals surface area (Å²) in [5.74, 6) is 1.60. The van der Waals surface area contributed by atoms with Gasteiger partial charge in [-0.25, -0.2) is 0 Å². The van der Waals surface area contributed by atoms with E-state index < -0.39 is 0 Å². The van der Waals surface area contributed by atoms with Gasteiger partial charge in [0.25, 0.3) is 0 Å². The number of amidine groups is 1. The minimum absolute atomic E-state index is 0.442. The van der Waals surface area contributed by atoms with Gasteiger partial charge in [-0.15, -0.1) is 5.10 Å². The molecule has 2 aromatic carbocycles. The van der Waals surface area contributed by atoms with Crippen molar-refractivity contribution in [2.75, 3.05) is 0 Å². The van der Waals surface area contributed by atoms with Crippen LogP contribution >= 0.6 is 11.8 Å². The molecule has 4 nitrogen and oxygen atoms in total. The quantitative estimate of drug-likeness (QED) is 0.423. The molecule has 0 radical (unpaired) electrons. The number of benzene rings is 2. The fraction of sp³-hybridized carbons (Fsp3) is 0.0526. The molecule has 120 valence electrons. The molecule has 2 N–H and O–H groups in total. The predicted octanol–water partition coefficient (Wildman–Crippen LogP) is 4.53. The average molecular weight is 335 g/mol. The van der Waals surface area contributed by atoms with Gasteiger partial charge in [0.15, 0.2) is 5.17 Å². The smallest absolute Gasteiger partial charge is 0.180 e. The summed E-state index contributed by atoms with van der Waals surface area (Å²) < 4.78 is 5.40. The van der Waals surface area contributed by atoms with Crippen LogP contribution in [0.5, 0.6) is 0 Å². The molecule has 0 amide bonds. The van der Waals surface area contributed by atoms with Crippen LogP contribution in [0.25, 0.3) is 11.3 Å². The number of rotatable bonds is 5. The Balaban J connectivity index is 1.60. The topological polar surface area (TPSA) is 63.9 Å². The Morgan fingerprint density at radius 2 is 1.92 bits per heavy atom. The zero-order valence-corrected chi connectivity index (χ0v) is 13.8. The molecule has 24 heavy (non-hydrogen) atoms. The predicted molar refractivity (Wildman–Crippen MR) is 101 cm³/mol. The Kier molecular flexibility index (Phi) is 5.48. The first-order chi connectivity index (χ1) is 11.8. The Morgan fingerprint density at radius 1 is 1.04 bits per heavy atom. The number of nitrogens with zero attached hydrogens (tertiary/aromatic N) is 2. The van der Waals surface area contributed by atoms with Crippen LogP contribution in [-0.4, -0.2) is 11.4 Å². The van der Waals surface area contributed by atoms with E-state index in [1.807, 2.05) is 54.6 Å². The lowest BCUT2D eigenvalue weighted by Crippen LogP contribution is -2.05. The average Bonchev–Trinajstić information content (AvgIpc) is 3.16. The molecule has 3 rings (SSSR count). The van der Waals surface area contributed by atoms with Gasteiger partial charge in [0.05, 0.1) is 12.5 Å². The standard InChI is InChI=1S/C19H17N3OS/c20-19(24-14-15-6-2-1-3-7-15)22-21-13-16-8-4-9-17(12-16)18-10-5-11-23-18/h1-13H,14H2,(H2,20,22). The first-order valence-electron chi connectivity index (χ1n) is 7.48. The number of thioether (sulfide) groups is 1. The third kappa shape index (κ3) is 4.60. The second-order valence-electron chi connectivity index (χ2n) is 5.06. The molecule has 0 saturated heterocycles. The van der Waals surface area contributed by atoms with Gasteiger partial charge in [-0.05, 0) is 29.3 Å². The van der Waals surface area contributed by atoms with Crippen LogP contribution in [0.15, 0.2) is 87.6 Å². The Bertz CT molecular complexity index is 827. The zero-order valence-electron chi connectivity index (χ0n) is 13.0. The molecule has 3 aromatic rings. The van der Waals surface area contributed by atoms with Crippen molar-refractivity contribution in [1.29, 1.82) is 0 Å². The van der Waals surface area contributed by atoms with Gasteiger partial charge < -0.3 is 10.2 Å². The third-order valence-electron chi connectivity index (χ3n) is 3.28. The van der Waals surface area contributed by atoms with E-state index in [1.165, 1.54) is 17.3 Å². The Labute approximate surface area is 145 Å². The van der Waals surface area contributed by atoms with Gasteiger partial charge >= 0.3 is 0 Å². The molecule has 0 bridgehead atoms. The minimum atomic E-state index is 0.442. The van der Waals surface area contributed by atoms with Crippen LogP contribution in [-0.2, 0) is 5.75 Å². The zero-order chi connectivity index (χ0) is 16.6. The molecule has 0 aliphatic heterocycles.